The van der Waals surface area contributed by atoms with Crippen LogP contribution in [0.15, 0.2) is 30.8 Å². The highest BCUT2D eigenvalue weighted by atomic mass is 35.5. The van der Waals surface area contributed by atoms with Crippen molar-refractivity contribution in [2.75, 3.05) is 25.6 Å². The Morgan fingerprint density at radius 3 is 2.56 bits per heavy atom. The first-order valence-corrected chi connectivity index (χ1v) is 8.49. The van der Waals surface area contributed by atoms with Crippen LogP contribution in [0, 0.1) is 0 Å². The number of halogens is 1. The van der Waals surface area contributed by atoms with Crippen LogP contribution in [-0.4, -0.2) is 41.2 Å². The van der Waals surface area contributed by atoms with Crippen molar-refractivity contribution in [3.63, 3.8) is 0 Å². The van der Waals surface area contributed by atoms with Gasteiger partial charge in [0, 0.05) is 18.6 Å². The van der Waals surface area contributed by atoms with Gasteiger partial charge in [-0.15, -0.1) is 0 Å². The third-order valence-electron chi connectivity index (χ3n) is 4.23. The van der Waals surface area contributed by atoms with Crippen LogP contribution in [0.4, 0.5) is 10.6 Å². The number of amides is 2. The number of carbonyl (C=O) groups is 1. The van der Waals surface area contributed by atoms with Gasteiger partial charge in [-0.2, -0.15) is 4.98 Å². The van der Waals surface area contributed by atoms with E-state index in [2.05, 4.69) is 11.6 Å². The van der Waals surface area contributed by atoms with E-state index in [1.807, 2.05) is 35.8 Å². The van der Waals surface area contributed by atoms with E-state index >= 15 is 0 Å². The minimum atomic E-state index is -0.127. The van der Waals surface area contributed by atoms with E-state index in [0.29, 0.717) is 35.6 Å². The van der Waals surface area contributed by atoms with Crippen molar-refractivity contribution < 1.29 is 9.53 Å². The number of nitrogens with zero attached hydrogens (tertiary/aromatic N) is 4. The lowest BCUT2D eigenvalue weighted by molar-refractivity contribution is 0.224. The lowest BCUT2D eigenvalue weighted by Gasteiger charge is -2.34. The third-order valence-corrected chi connectivity index (χ3v) is 4.48. The summed E-state index contributed by atoms with van der Waals surface area (Å²) >= 11 is 5.97. The molecule has 1 aromatic heterocycles. The first kappa shape index (κ1) is 17.4. The van der Waals surface area contributed by atoms with Gasteiger partial charge in [0.05, 0.1) is 19.4 Å². The molecule has 0 fully saturated rings. The number of hydrogen-bond acceptors (Lipinski definition) is 3. The number of imidazole rings is 1. The molecular formula is C18H21ClN4O2. The quantitative estimate of drug-likeness (QED) is 0.813. The van der Waals surface area contributed by atoms with Crippen LogP contribution in [0.5, 0.6) is 6.01 Å². The molecule has 0 atom stereocenters. The molecule has 25 heavy (non-hydrogen) atoms. The molecular weight excluding hydrogens is 340 g/mol. The van der Waals surface area contributed by atoms with E-state index in [0.717, 1.165) is 17.7 Å². The number of benzene rings is 1. The van der Waals surface area contributed by atoms with E-state index in [9.17, 15) is 4.79 Å². The summed E-state index contributed by atoms with van der Waals surface area (Å²) in [4.78, 5) is 20.3. The Hall–Kier alpha value is -2.47. The zero-order valence-corrected chi connectivity index (χ0v) is 15.4. The SMILES string of the molecule is C=C1c2c(nc(OC)n2Cc2ccc(Cl)cc2)N(C)C(=O)N1CCC. The van der Waals surface area contributed by atoms with Gasteiger partial charge in [0.1, 0.15) is 5.69 Å². The fourth-order valence-corrected chi connectivity index (χ4v) is 3.11. The van der Waals surface area contributed by atoms with Crippen LogP contribution in [0.2, 0.25) is 5.02 Å². The third kappa shape index (κ3) is 2.98. The van der Waals surface area contributed by atoms with Crippen molar-refractivity contribution in [2.45, 2.75) is 19.9 Å². The maximum atomic E-state index is 12.6. The van der Waals surface area contributed by atoms with Gasteiger partial charge in [0.15, 0.2) is 5.82 Å². The number of urea groups is 1. The summed E-state index contributed by atoms with van der Waals surface area (Å²) < 4.78 is 7.39. The van der Waals surface area contributed by atoms with Crippen LogP contribution < -0.4 is 9.64 Å². The molecule has 0 spiro atoms. The van der Waals surface area contributed by atoms with Crippen LogP contribution in [0.3, 0.4) is 0 Å². The molecule has 7 heteroatoms. The van der Waals surface area contributed by atoms with Crippen LogP contribution in [-0.2, 0) is 6.54 Å². The molecule has 0 radical (unpaired) electrons. The predicted molar refractivity (Wildman–Crippen MR) is 99.2 cm³/mol. The number of rotatable bonds is 5. The Bertz CT molecular complexity index is 813. The number of aromatic nitrogens is 2. The molecule has 2 amide bonds. The minimum Gasteiger partial charge on any atom is -0.468 e. The largest absolute Gasteiger partial charge is 0.468 e. The minimum absolute atomic E-state index is 0.127. The van der Waals surface area contributed by atoms with E-state index in [4.69, 9.17) is 16.3 Å². The summed E-state index contributed by atoms with van der Waals surface area (Å²) in [5.41, 5.74) is 2.49. The number of ether oxygens (including phenoxy) is 1. The Kier molecular flexibility index (Phi) is 4.72. The molecule has 6 nitrogen and oxygen atoms in total. The van der Waals surface area contributed by atoms with Crippen molar-refractivity contribution in [2.24, 2.45) is 0 Å². The highest BCUT2D eigenvalue weighted by Gasteiger charge is 2.36. The fourth-order valence-electron chi connectivity index (χ4n) is 2.98. The molecule has 0 bridgehead atoms. The molecule has 3 rings (SSSR count). The topological polar surface area (TPSA) is 50.6 Å². The molecule has 0 saturated heterocycles. The van der Waals surface area contributed by atoms with Gasteiger partial charge < -0.3 is 4.74 Å². The van der Waals surface area contributed by atoms with Gasteiger partial charge >= 0.3 is 6.03 Å². The second-order valence-electron chi connectivity index (χ2n) is 5.92. The normalized spacial score (nSPS) is 14.1. The van der Waals surface area contributed by atoms with Crippen molar-refractivity contribution in [3.05, 3.63) is 47.1 Å². The summed E-state index contributed by atoms with van der Waals surface area (Å²) in [5, 5.41) is 0.687. The lowest BCUT2D eigenvalue weighted by atomic mass is 10.2. The second-order valence-corrected chi connectivity index (χ2v) is 6.36. The van der Waals surface area contributed by atoms with Gasteiger partial charge in [0.25, 0.3) is 6.01 Å². The Labute approximate surface area is 152 Å². The van der Waals surface area contributed by atoms with Gasteiger partial charge in [-0.1, -0.05) is 37.2 Å². The lowest BCUT2D eigenvalue weighted by Crippen LogP contribution is -2.44. The predicted octanol–water partition coefficient (Wildman–Crippen LogP) is 3.85. The molecule has 2 aromatic rings. The van der Waals surface area contributed by atoms with Gasteiger partial charge in [-0.25, -0.2) is 4.79 Å². The number of methoxy groups -OCH3 is 1. The molecule has 1 aliphatic rings. The standard InChI is InChI=1S/C18H21ClN4O2/c1-5-10-22-12(2)15-16(21(3)18(22)24)20-17(25-4)23(15)11-13-6-8-14(19)9-7-13/h6-9H,2,5,10-11H2,1,3-4H3. The smallest absolute Gasteiger partial charge is 0.329 e. The van der Waals surface area contributed by atoms with Gasteiger partial charge in [-0.05, 0) is 24.1 Å². The molecule has 132 valence electrons. The molecule has 0 N–H and O–H groups in total. The summed E-state index contributed by atoms with van der Waals surface area (Å²) in [5.74, 6) is 0.563. The summed E-state index contributed by atoms with van der Waals surface area (Å²) in [7, 11) is 3.29. The van der Waals surface area contributed by atoms with Crippen molar-refractivity contribution in [3.8, 4) is 6.01 Å². The Balaban J connectivity index is 2.08. The van der Waals surface area contributed by atoms with E-state index < -0.39 is 0 Å². The van der Waals surface area contributed by atoms with Crippen molar-refractivity contribution in [1.29, 1.82) is 0 Å². The van der Waals surface area contributed by atoms with Gasteiger partial charge in [-0.3, -0.25) is 14.4 Å². The number of carbonyl (C=O) groups excluding carboxylic acids is 1. The summed E-state index contributed by atoms with van der Waals surface area (Å²) in [6, 6.07) is 7.93. The van der Waals surface area contributed by atoms with Crippen LogP contribution in [0.25, 0.3) is 5.70 Å². The summed E-state index contributed by atoms with van der Waals surface area (Å²) in [6.45, 7) is 7.33. The zero-order valence-electron chi connectivity index (χ0n) is 14.6. The molecule has 0 unspecified atom stereocenters. The Morgan fingerprint density at radius 1 is 1.28 bits per heavy atom. The number of anilines is 1. The van der Waals surface area contributed by atoms with E-state index in [-0.39, 0.29) is 6.03 Å². The average Bonchev–Trinajstić information content (AvgIpc) is 2.97. The average molecular weight is 361 g/mol. The molecule has 2 heterocycles. The number of fused-ring (bicyclic) bond motifs is 1. The van der Waals surface area contributed by atoms with Crippen molar-refractivity contribution >= 4 is 29.1 Å². The fraction of sp³-hybridized carbons (Fsp3) is 0.333. The number of hydrogen-bond donors (Lipinski definition) is 0. The molecule has 0 aliphatic carbocycles. The van der Waals surface area contributed by atoms with Crippen molar-refractivity contribution in [1.82, 2.24) is 14.5 Å². The maximum Gasteiger partial charge on any atom is 0.329 e. The van der Waals surface area contributed by atoms with E-state index in [1.165, 1.54) is 0 Å². The maximum absolute atomic E-state index is 12.6. The highest BCUT2D eigenvalue weighted by molar-refractivity contribution is 6.30. The molecule has 1 aliphatic heterocycles. The van der Waals surface area contributed by atoms with Crippen LogP contribution in [0.1, 0.15) is 24.6 Å². The zero-order chi connectivity index (χ0) is 18.1. The summed E-state index contributed by atoms with van der Waals surface area (Å²) in [6.07, 6.45) is 0.844. The molecule has 1 aromatic carbocycles. The first-order valence-electron chi connectivity index (χ1n) is 8.11. The Morgan fingerprint density at radius 2 is 1.96 bits per heavy atom. The molecule has 0 saturated carbocycles. The van der Waals surface area contributed by atoms with E-state index in [1.54, 1.807) is 24.0 Å². The monoisotopic (exact) mass is 360 g/mol. The first-order chi connectivity index (χ1) is 12.0. The second kappa shape index (κ2) is 6.80. The van der Waals surface area contributed by atoms with Gasteiger partial charge in [0.2, 0.25) is 0 Å². The van der Waals surface area contributed by atoms with Crippen LogP contribution >= 0.6 is 11.6 Å². The highest BCUT2D eigenvalue weighted by Crippen LogP contribution is 2.37.